The van der Waals surface area contributed by atoms with Gasteiger partial charge in [0, 0.05) is 25.3 Å². The lowest BCUT2D eigenvalue weighted by Crippen LogP contribution is -2.35. The summed E-state index contributed by atoms with van der Waals surface area (Å²) in [6.07, 6.45) is 34.9. The fourth-order valence-corrected chi connectivity index (χ4v) is 7.85. The van der Waals surface area contributed by atoms with Gasteiger partial charge in [0.25, 0.3) is 12.0 Å². The Morgan fingerprint density at radius 3 is 1.53 bits per heavy atom. The topological polar surface area (TPSA) is 148 Å². The molecule has 1 fully saturated rings. The molecule has 0 saturated carbocycles. The van der Waals surface area contributed by atoms with E-state index >= 15 is 0 Å². The third-order valence-electron chi connectivity index (χ3n) is 11.1. The molecule has 1 aliphatic rings. The number of unbranched alkanes of at least 4 members (excludes halogenated alkanes) is 26. The minimum absolute atomic E-state index is 0.197. The van der Waals surface area contributed by atoms with Crippen molar-refractivity contribution in [3.05, 3.63) is 32.6 Å². The maximum absolute atomic E-state index is 12.7. The zero-order valence-corrected chi connectivity index (χ0v) is 37.4. The van der Waals surface area contributed by atoms with Gasteiger partial charge < -0.3 is 23.8 Å². The van der Waals surface area contributed by atoms with E-state index in [-0.39, 0.29) is 13.0 Å². The second kappa shape index (κ2) is 33.4. The van der Waals surface area contributed by atoms with Crippen LogP contribution >= 0.6 is 7.82 Å². The molecule has 12 nitrogen and oxygen atoms in total. The van der Waals surface area contributed by atoms with Crippen molar-refractivity contribution in [1.29, 1.82) is 0 Å². The first-order chi connectivity index (χ1) is 27.7. The van der Waals surface area contributed by atoms with E-state index in [0.29, 0.717) is 18.8 Å². The summed E-state index contributed by atoms with van der Waals surface area (Å²) in [6, 6.07) is 0. The van der Waals surface area contributed by atoms with Crippen molar-refractivity contribution in [2.45, 2.75) is 232 Å². The maximum Gasteiger partial charge on any atom is 0.472 e. The molecule has 1 unspecified atom stereocenters. The molecule has 1 aromatic rings. The van der Waals surface area contributed by atoms with Gasteiger partial charge in [0.1, 0.15) is 12.3 Å². The molecular formula is C44H83N2O10P. The number of aryl methyl sites for hydroxylation is 1. The van der Waals surface area contributed by atoms with Crippen molar-refractivity contribution in [2.24, 2.45) is 0 Å². The number of nitrogens with zero attached hydrogens (tertiary/aromatic N) is 1. The van der Waals surface area contributed by atoms with Crippen LogP contribution in [0.1, 0.15) is 212 Å². The van der Waals surface area contributed by atoms with Gasteiger partial charge in [-0.2, -0.15) is 0 Å². The summed E-state index contributed by atoms with van der Waals surface area (Å²) in [6.45, 7) is 5.75. The fourth-order valence-electron chi connectivity index (χ4n) is 7.41. The van der Waals surface area contributed by atoms with Crippen molar-refractivity contribution >= 4 is 7.82 Å². The summed E-state index contributed by atoms with van der Waals surface area (Å²) in [4.78, 5) is 37.0. The Labute approximate surface area is 345 Å². The summed E-state index contributed by atoms with van der Waals surface area (Å²) in [5.74, 6) is 0. The Morgan fingerprint density at radius 1 is 0.719 bits per heavy atom. The molecule has 334 valence electrons. The second-order valence-corrected chi connectivity index (χ2v) is 17.7. The number of hydrogen-bond donors (Lipinski definition) is 2. The Bertz CT molecular complexity index is 1240. The Balaban J connectivity index is 1.84. The van der Waals surface area contributed by atoms with E-state index in [2.05, 4.69) is 23.4 Å². The number of phosphoric ester groups is 1. The lowest BCUT2D eigenvalue weighted by molar-refractivity contribution is -0.309. The molecule has 0 aromatic carbocycles. The Morgan fingerprint density at radius 2 is 1.12 bits per heavy atom. The zero-order valence-electron chi connectivity index (χ0n) is 36.5. The van der Waals surface area contributed by atoms with E-state index in [4.69, 9.17) is 23.5 Å². The molecule has 0 aliphatic carbocycles. The molecule has 1 aliphatic heterocycles. The first-order valence-corrected chi connectivity index (χ1v) is 24.6. The molecule has 1 aromatic heterocycles. The van der Waals surface area contributed by atoms with Gasteiger partial charge in [0.15, 0.2) is 0 Å². The van der Waals surface area contributed by atoms with E-state index in [9.17, 15) is 19.0 Å². The largest absolute Gasteiger partial charge is 0.472 e. The average Bonchev–Trinajstić information content (AvgIpc) is 3.60. The first-order valence-electron chi connectivity index (χ1n) is 23.1. The number of aromatic nitrogens is 2. The van der Waals surface area contributed by atoms with Crippen molar-refractivity contribution in [3.8, 4) is 0 Å². The van der Waals surface area contributed by atoms with Crippen LogP contribution < -0.4 is 11.2 Å². The summed E-state index contributed by atoms with van der Waals surface area (Å²) >= 11 is 0. The molecule has 0 amide bonds. The summed E-state index contributed by atoms with van der Waals surface area (Å²) < 4.78 is 48.0. The van der Waals surface area contributed by atoms with Crippen molar-refractivity contribution in [2.75, 3.05) is 26.9 Å². The summed E-state index contributed by atoms with van der Waals surface area (Å²) in [7, 11) is -3.22. The van der Waals surface area contributed by atoms with Gasteiger partial charge in [-0.1, -0.05) is 181 Å². The highest BCUT2D eigenvalue weighted by Gasteiger charge is 2.41. The van der Waals surface area contributed by atoms with E-state index in [0.717, 1.165) is 45.6 Å². The molecule has 2 rings (SSSR count). The van der Waals surface area contributed by atoms with Gasteiger partial charge in [-0.3, -0.25) is 23.4 Å². The molecule has 0 radical (unpaired) electrons. The number of ether oxygens (including phenoxy) is 4. The predicted octanol–water partition coefficient (Wildman–Crippen LogP) is 11.6. The highest BCUT2D eigenvalue weighted by molar-refractivity contribution is 7.47. The fraction of sp³-hybridized carbons (Fsp3) is 0.909. The second-order valence-electron chi connectivity index (χ2n) is 16.2. The smallest absolute Gasteiger partial charge is 0.349 e. The van der Waals surface area contributed by atoms with Gasteiger partial charge in [-0.15, -0.1) is 0 Å². The van der Waals surface area contributed by atoms with Crippen LogP contribution in [0.15, 0.2) is 15.8 Å². The highest BCUT2D eigenvalue weighted by Crippen LogP contribution is 2.43. The van der Waals surface area contributed by atoms with Gasteiger partial charge in [0.2, 0.25) is 0 Å². The van der Waals surface area contributed by atoms with Crippen LogP contribution in [0.4, 0.5) is 0 Å². The van der Waals surface area contributed by atoms with Crippen LogP contribution in [0.25, 0.3) is 0 Å². The van der Waals surface area contributed by atoms with Crippen LogP contribution in [-0.2, 0) is 32.6 Å². The third kappa shape index (κ3) is 25.1. The van der Waals surface area contributed by atoms with E-state index in [1.807, 2.05) is 0 Å². The van der Waals surface area contributed by atoms with E-state index in [1.165, 1.54) is 152 Å². The monoisotopic (exact) mass is 831 g/mol. The Kier molecular flexibility index (Phi) is 30.3. The Hall–Kier alpha value is -1.37. The van der Waals surface area contributed by atoms with E-state index in [1.54, 1.807) is 6.92 Å². The highest BCUT2D eigenvalue weighted by atomic mass is 31.2. The molecule has 13 heteroatoms. The quantitative estimate of drug-likeness (QED) is 0.0373. The normalized spacial score (nSPS) is 18.2. The number of H-pyrrole nitrogens is 1. The van der Waals surface area contributed by atoms with Crippen molar-refractivity contribution in [1.82, 2.24) is 9.55 Å². The number of rotatable bonds is 39. The molecule has 2 heterocycles. The average molecular weight is 831 g/mol. The summed E-state index contributed by atoms with van der Waals surface area (Å²) in [5, 5.41) is 0. The lowest BCUT2D eigenvalue weighted by Gasteiger charge is -2.25. The van der Waals surface area contributed by atoms with Crippen LogP contribution in [0.5, 0.6) is 0 Å². The van der Waals surface area contributed by atoms with Crippen molar-refractivity contribution in [3.63, 3.8) is 0 Å². The van der Waals surface area contributed by atoms with Crippen molar-refractivity contribution < 1.29 is 37.5 Å². The van der Waals surface area contributed by atoms with Crippen LogP contribution in [0, 0.1) is 6.92 Å². The zero-order chi connectivity index (χ0) is 41.4. The number of nitrogens with one attached hydrogen (secondary N) is 1. The minimum atomic E-state index is -4.31. The van der Waals surface area contributed by atoms with Gasteiger partial charge >= 0.3 is 13.5 Å². The summed E-state index contributed by atoms with van der Waals surface area (Å²) in [5.41, 5.74) is -0.752. The molecule has 57 heavy (non-hydrogen) atoms. The molecule has 4 atom stereocenters. The molecular weight excluding hydrogens is 747 g/mol. The third-order valence-corrected chi connectivity index (χ3v) is 12.0. The lowest BCUT2D eigenvalue weighted by atomic mass is 10.0. The van der Waals surface area contributed by atoms with Crippen LogP contribution in [0.3, 0.4) is 0 Å². The maximum atomic E-state index is 12.7. The predicted molar refractivity (Wildman–Crippen MR) is 229 cm³/mol. The van der Waals surface area contributed by atoms with Gasteiger partial charge in [-0.25, -0.2) is 9.36 Å². The molecule has 0 bridgehead atoms. The van der Waals surface area contributed by atoms with Gasteiger partial charge in [0.05, 0.1) is 25.9 Å². The van der Waals surface area contributed by atoms with Crippen LogP contribution in [0.2, 0.25) is 0 Å². The van der Waals surface area contributed by atoms with Crippen LogP contribution in [-0.4, -0.2) is 60.1 Å². The molecule has 0 spiro atoms. The molecule has 2 N–H and O–H groups in total. The number of hydrogen-bond acceptors (Lipinski definition) is 9. The van der Waals surface area contributed by atoms with Gasteiger partial charge in [-0.05, 0) is 19.8 Å². The van der Waals surface area contributed by atoms with E-state index < -0.39 is 44.0 Å². The molecule has 1 saturated heterocycles. The SMILES string of the molecule is CCCCCCCCCCCCCCCCOC(OCCCCCCCCCCCCCCCC)O[C@H]1C[C@H](n2cc(C)c(=O)[nH]c2=O)O[C@@H]1COP(=O)(O)OC. The number of phosphoric acid groups is 1. The minimum Gasteiger partial charge on any atom is -0.349 e. The first kappa shape index (κ1) is 51.8. The number of aromatic amines is 1. The standard InChI is InChI=1S/C44H83N2O10P/c1-5-7-9-11-13-15-17-19-21-23-25-27-29-31-33-52-44(53-34-32-30-28-26-24-22-20-18-16-14-12-10-8-6-2)56-39-35-41(46-36-38(3)42(47)45-43(46)48)55-40(39)37-54-57(49,50)51-4/h36,39-41,44H,5-35,37H2,1-4H3,(H,49,50)(H,45,47,48)/t39-,40+,41+/m0/s1.